The molecule has 1 aliphatic carbocycles. The second-order valence-electron chi connectivity index (χ2n) is 4.63. The second kappa shape index (κ2) is 5.08. The summed E-state index contributed by atoms with van der Waals surface area (Å²) in [5.74, 6) is 0.358. The highest BCUT2D eigenvalue weighted by Gasteiger charge is 2.20. The number of hydrogen-bond donors (Lipinski definition) is 2. The minimum atomic E-state index is 0.338. The maximum Gasteiger partial charge on any atom is 0.115 e. The monoisotopic (exact) mass is 260 g/mol. The van der Waals surface area contributed by atoms with Crippen molar-refractivity contribution in [1.29, 1.82) is 0 Å². The Bertz CT molecular complexity index is 525. The second-order valence-corrected chi connectivity index (χ2v) is 5.61. The van der Waals surface area contributed by atoms with Gasteiger partial charge in [-0.3, -0.25) is 0 Å². The zero-order chi connectivity index (χ0) is 12.4. The topological polar surface area (TPSA) is 45.1 Å². The zero-order valence-electron chi connectivity index (χ0n) is 10.1. The van der Waals surface area contributed by atoms with Crippen LogP contribution in [0.1, 0.15) is 35.0 Å². The van der Waals surface area contributed by atoms with Crippen LogP contribution in [0.2, 0.25) is 0 Å². The minimum Gasteiger partial charge on any atom is -0.508 e. The van der Waals surface area contributed by atoms with Gasteiger partial charge in [0.15, 0.2) is 0 Å². The molecule has 0 amide bonds. The Hall–Kier alpha value is -1.39. The molecule has 0 bridgehead atoms. The van der Waals surface area contributed by atoms with Gasteiger partial charge in [-0.1, -0.05) is 6.07 Å². The van der Waals surface area contributed by atoms with E-state index in [1.54, 1.807) is 17.4 Å². The van der Waals surface area contributed by atoms with Crippen molar-refractivity contribution >= 4 is 11.3 Å². The smallest absolute Gasteiger partial charge is 0.115 e. The number of benzene rings is 1. The van der Waals surface area contributed by atoms with Gasteiger partial charge < -0.3 is 10.4 Å². The van der Waals surface area contributed by atoms with Crippen molar-refractivity contribution < 1.29 is 5.11 Å². The van der Waals surface area contributed by atoms with Gasteiger partial charge in [-0.25, -0.2) is 4.98 Å². The summed E-state index contributed by atoms with van der Waals surface area (Å²) in [7, 11) is 0. The van der Waals surface area contributed by atoms with Gasteiger partial charge in [0, 0.05) is 24.2 Å². The molecule has 18 heavy (non-hydrogen) atoms. The lowest BCUT2D eigenvalue weighted by atomic mass is 9.87. The lowest BCUT2D eigenvalue weighted by molar-refractivity contribution is 0.445. The van der Waals surface area contributed by atoms with Crippen molar-refractivity contribution in [2.75, 3.05) is 0 Å². The highest BCUT2D eigenvalue weighted by molar-refractivity contribution is 7.09. The molecule has 0 radical (unpaired) electrons. The third-order valence-corrected chi connectivity index (χ3v) is 4.21. The molecule has 1 aromatic carbocycles. The fourth-order valence-electron chi connectivity index (χ4n) is 2.55. The molecule has 0 aliphatic heterocycles. The van der Waals surface area contributed by atoms with Crippen LogP contribution < -0.4 is 5.32 Å². The Morgan fingerprint density at radius 2 is 2.39 bits per heavy atom. The molecule has 0 spiro atoms. The molecule has 3 rings (SSSR count). The highest BCUT2D eigenvalue weighted by Crippen LogP contribution is 2.32. The number of nitrogens with zero attached hydrogens (tertiary/aromatic N) is 1. The fourth-order valence-corrected chi connectivity index (χ4v) is 3.12. The number of phenolic OH excluding ortho intramolecular Hbond substituents is 1. The van der Waals surface area contributed by atoms with Crippen molar-refractivity contribution in [3.05, 3.63) is 45.9 Å². The molecular weight excluding hydrogens is 244 g/mol. The zero-order valence-corrected chi connectivity index (χ0v) is 10.9. The van der Waals surface area contributed by atoms with E-state index in [0.29, 0.717) is 11.8 Å². The maximum atomic E-state index is 9.62. The van der Waals surface area contributed by atoms with Gasteiger partial charge in [0.2, 0.25) is 0 Å². The molecule has 94 valence electrons. The van der Waals surface area contributed by atoms with Crippen LogP contribution >= 0.6 is 11.3 Å². The van der Waals surface area contributed by atoms with Gasteiger partial charge in [-0.05, 0) is 42.5 Å². The Balaban J connectivity index is 1.76. The van der Waals surface area contributed by atoms with Crippen LogP contribution in [0.3, 0.4) is 0 Å². The first kappa shape index (κ1) is 11.7. The van der Waals surface area contributed by atoms with Gasteiger partial charge >= 0.3 is 0 Å². The Morgan fingerprint density at radius 1 is 1.44 bits per heavy atom. The average molecular weight is 260 g/mol. The summed E-state index contributed by atoms with van der Waals surface area (Å²) in [6.45, 7) is 0.803. The number of nitrogens with one attached hydrogen (secondary N) is 1. The number of fused-ring (bicyclic) bond motifs is 1. The summed E-state index contributed by atoms with van der Waals surface area (Å²) < 4.78 is 0. The summed E-state index contributed by atoms with van der Waals surface area (Å²) in [5.41, 5.74) is 2.61. The van der Waals surface area contributed by atoms with Crippen molar-refractivity contribution in [2.24, 2.45) is 0 Å². The number of thiazole rings is 1. The largest absolute Gasteiger partial charge is 0.508 e. The molecule has 0 saturated carbocycles. The van der Waals surface area contributed by atoms with E-state index in [9.17, 15) is 5.11 Å². The molecule has 2 aromatic rings. The Labute approximate surface area is 111 Å². The molecular formula is C14H16N2OS. The lowest BCUT2D eigenvalue weighted by Gasteiger charge is -2.26. The number of rotatable bonds is 3. The third kappa shape index (κ3) is 2.40. The van der Waals surface area contributed by atoms with E-state index in [0.717, 1.165) is 24.4 Å². The predicted molar refractivity (Wildman–Crippen MR) is 72.7 cm³/mol. The Kier molecular flexibility index (Phi) is 3.30. The third-order valence-electron chi connectivity index (χ3n) is 3.43. The summed E-state index contributed by atoms with van der Waals surface area (Å²) >= 11 is 1.67. The van der Waals surface area contributed by atoms with Crippen LogP contribution in [0.25, 0.3) is 0 Å². The molecule has 0 saturated heterocycles. The summed E-state index contributed by atoms with van der Waals surface area (Å²) in [6.07, 6.45) is 5.28. The van der Waals surface area contributed by atoms with Gasteiger partial charge in [-0.15, -0.1) is 11.3 Å². The van der Waals surface area contributed by atoms with Crippen LogP contribution in [-0.2, 0) is 13.0 Å². The molecule has 0 fully saturated rings. The molecule has 1 unspecified atom stereocenters. The first-order chi connectivity index (χ1) is 8.83. The number of phenols is 1. The molecule has 4 heteroatoms. The summed E-state index contributed by atoms with van der Waals surface area (Å²) in [5, 5.41) is 16.3. The fraction of sp³-hybridized carbons (Fsp3) is 0.357. The highest BCUT2D eigenvalue weighted by atomic mass is 32.1. The normalized spacial score (nSPS) is 18.6. The number of hydrogen-bond acceptors (Lipinski definition) is 4. The van der Waals surface area contributed by atoms with Gasteiger partial charge in [0.1, 0.15) is 10.8 Å². The van der Waals surface area contributed by atoms with Crippen LogP contribution in [0, 0.1) is 0 Å². The van der Waals surface area contributed by atoms with E-state index in [4.69, 9.17) is 0 Å². The van der Waals surface area contributed by atoms with E-state index < -0.39 is 0 Å². The van der Waals surface area contributed by atoms with Gasteiger partial charge in [-0.2, -0.15) is 0 Å². The van der Waals surface area contributed by atoms with Crippen LogP contribution in [0.4, 0.5) is 0 Å². The van der Waals surface area contributed by atoms with E-state index in [2.05, 4.69) is 10.3 Å². The molecule has 3 nitrogen and oxygen atoms in total. The van der Waals surface area contributed by atoms with Crippen LogP contribution in [-0.4, -0.2) is 10.1 Å². The van der Waals surface area contributed by atoms with Gasteiger partial charge in [0.05, 0.1) is 0 Å². The minimum absolute atomic E-state index is 0.338. The van der Waals surface area contributed by atoms with E-state index in [1.807, 2.05) is 23.7 Å². The lowest BCUT2D eigenvalue weighted by Crippen LogP contribution is -2.24. The van der Waals surface area contributed by atoms with E-state index >= 15 is 0 Å². The van der Waals surface area contributed by atoms with E-state index in [1.165, 1.54) is 17.5 Å². The van der Waals surface area contributed by atoms with Crippen LogP contribution in [0.5, 0.6) is 5.75 Å². The van der Waals surface area contributed by atoms with Crippen LogP contribution in [0.15, 0.2) is 29.8 Å². The number of aromatic nitrogens is 1. The molecule has 1 atom stereocenters. The standard InChI is InChI=1S/C14H16N2OS/c17-11-5-4-10-2-1-3-13(12(10)8-11)16-9-14-15-6-7-18-14/h4-8,13,16-17H,1-3,9H2. The van der Waals surface area contributed by atoms with Gasteiger partial charge in [0.25, 0.3) is 0 Å². The first-order valence-corrected chi connectivity index (χ1v) is 7.14. The molecule has 1 aliphatic rings. The first-order valence-electron chi connectivity index (χ1n) is 6.26. The molecule has 2 N–H and O–H groups in total. The van der Waals surface area contributed by atoms with Crippen molar-refractivity contribution in [3.8, 4) is 5.75 Å². The molecule has 1 aromatic heterocycles. The van der Waals surface area contributed by atoms with Crippen molar-refractivity contribution in [1.82, 2.24) is 10.3 Å². The van der Waals surface area contributed by atoms with Crippen molar-refractivity contribution in [3.63, 3.8) is 0 Å². The quantitative estimate of drug-likeness (QED) is 0.891. The average Bonchev–Trinajstić information content (AvgIpc) is 2.89. The molecule has 1 heterocycles. The number of aromatic hydroxyl groups is 1. The van der Waals surface area contributed by atoms with Crippen molar-refractivity contribution in [2.45, 2.75) is 31.8 Å². The summed E-state index contributed by atoms with van der Waals surface area (Å²) in [4.78, 5) is 4.28. The van der Waals surface area contributed by atoms with E-state index in [-0.39, 0.29) is 0 Å². The Morgan fingerprint density at radius 3 is 3.22 bits per heavy atom. The number of aryl methyl sites for hydroxylation is 1. The SMILES string of the molecule is Oc1ccc2c(c1)C(NCc1nccs1)CCC2. The summed E-state index contributed by atoms with van der Waals surface area (Å²) in [6, 6.07) is 6.06. The predicted octanol–water partition coefficient (Wildman–Crippen LogP) is 3.02. The maximum absolute atomic E-state index is 9.62.